The van der Waals surface area contributed by atoms with E-state index in [9.17, 15) is 9.59 Å². The third kappa shape index (κ3) is 4.34. The summed E-state index contributed by atoms with van der Waals surface area (Å²) in [6.07, 6.45) is 8.56. The summed E-state index contributed by atoms with van der Waals surface area (Å²) in [5.74, 6) is 0.516. The molecule has 2 amide bonds. The average molecular weight is 370 g/mol. The second-order valence-electron chi connectivity index (χ2n) is 8.31. The summed E-state index contributed by atoms with van der Waals surface area (Å²) in [6.45, 7) is 3.41. The molecule has 5 nitrogen and oxygen atoms in total. The van der Waals surface area contributed by atoms with Gasteiger partial charge in [-0.15, -0.1) is 0 Å². The highest BCUT2D eigenvalue weighted by Gasteiger charge is 2.32. The molecule has 0 radical (unpaired) electrons. The molecular weight excluding hydrogens is 338 g/mol. The zero-order valence-electron chi connectivity index (χ0n) is 16.1. The Morgan fingerprint density at radius 1 is 1.00 bits per heavy atom. The van der Waals surface area contributed by atoms with Gasteiger partial charge in [-0.25, -0.2) is 0 Å². The van der Waals surface area contributed by atoms with E-state index in [1.54, 1.807) is 0 Å². The van der Waals surface area contributed by atoms with E-state index in [-0.39, 0.29) is 17.9 Å². The molecule has 1 aromatic carbocycles. The molecule has 2 aliphatic heterocycles. The summed E-state index contributed by atoms with van der Waals surface area (Å²) in [6, 6.07) is 6.17. The van der Waals surface area contributed by atoms with E-state index in [1.807, 2.05) is 11.0 Å². The number of likely N-dealkylation sites (tertiary alicyclic amines) is 1. The van der Waals surface area contributed by atoms with Gasteiger partial charge in [-0.1, -0.05) is 25.3 Å². The summed E-state index contributed by atoms with van der Waals surface area (Å²) in [7, 11) is 0. The molecule has 2 fully saturated rings. The molecule has 1 saturated heterocycles. The molecule has 5 heteroatoms. The van der Waals surface area contributed by atoms with E-state index in [0.717, 1.165) is 57.3 Å². The highest BCUT2D eigenvalue weighted by molar-refractivity contribution is 5.94. The number of rotatable bonds is 3. The van der Waals surface area contributed by atoms with E-state index in [2.05, 4.69) is 22.8 Å². The number of benzene rings is 1. The lowest BCUT2D eigenvalue weighted by atomic mass is 9.88. The monoisotopic (exact) mass is 369 g/mol. The van der Waals surface area contributed by atoms with Gasteiger partial charge in [-0.05, 0) is 68.5 Å². The van der Waals surface area contributed by atoms with Crippen molar-refractivity contribution < 1.29 is 9.59 Å². The molecule has 0 spiro atoms. The Morgan fingerprint density at radius 3 is 2.59 bits per heavy atom. The van der Waals surface area contributed by atoms with Crippen molar-refractivity contribution in [2.24, 2.45) is 5.92 Å². The van der Waals surface area contributed by atoms with Gasteiger partial charge in [-0.3, -0.25) is 9.59 Å². The highest BCUT2D eigenvalue weighted by atomic mass is 16.2. The maximum Gasteiger partial charge on any atom is 0.251 e. The van der Waals surface area contributed by atoms with Crippen LogP contribution in [0.25, 0.3) is 0 Å². The van der Waals surface area contributed by atoms with Crippen molar-refractivity contribution in [1.82, 2.24) is 15.5 Å². The van der Waals surface area contributed by atoms with E-state index in [0.29, 0.717) is 12.5 Å². The Labute approximate surface area is 161 Å². The van der Waals surface area contributed by atoms with Crippen molar-refractivity contribution >= 4 is 11.8 Å². The largest absolute Gasteiger partial charge is 0.347 e. The molecule has 27 heavy (non-hydrogen) atoms. The van der Waals surface area contributed by atoms with Gasteiger partial charge in [0.2, 0.25) is 5.91 Å². The second kappa shape index (κ2) is 8.42. The van der Waals surface area contributed by atoms with Gasteiger partial charge in [0, 0.05) is 30.6 Å². The maximum atomic E-state index is 12.7. The first-order valence-corrected chi connectivity index (χ1v) is 10.6. The molecular formula is C22H31N3O2. The van der Waals surface area contributed by atoms with Crippen molar-refractivity contribution in [2.75, 3.05) is 26.2 Å². The fraction of sp³-hybridized carbons (Fsp3) is 0.636. The minimum atomic E-state index is -0.00743. The summed E-state index contributed by atoms with van der Waals surface area (Å²) in [4.78, 5) is 27.4. The molecule has 1 aliphatic carbocycles. The lowest BCUT2D eigenvalue weighted by Gasteiger charge is -2.26. The third-order valence-electron chi connectivity index (χ3n) is 6.40. The predicted molar refractivity (Wildman–Crippen MR) is 106 cm³/mol. The fourth-order valence-corrected chi connectivity index (χ4v) is 4.77. The molecule has 0 bridgehead atoms. The summed E-state index contributed by atoms with van der Waals surface area (Å²) in [5.41, 5.74) is 3.38. The third-order valence-corrected chi connectivity index (χ3v) is 6.40. The smallest absolute Gasteiger partial charge is 0.251 e. The van der Waals surface area contributed by atoms with E-state index < -0.39 is 0 Å². The predicted octanol–water partition coefficient (Wildman–Crippen LogP) is 2.29. The van der Waals surface area contributed by atoms with E-state index in [4.69, 9.17) is 0 Å². The lowest BCUT2D eigenvalue weighted by Crippen LogP contribution is -2.40. The molecule has 4 rings (SSSR count). The second-order valence-corrected chi connectivity index (χ2v) is 8.31. The SMILES string of the molecule is O=C(N[C@H]1CCN(C(=O)C2CCCCC2)C1)c1ccc2c(c1)CCNCC2. The van der Waals surface area contributed by atoms with Crippen molar-refractivity contribution in [3.63, 3.8) is 0 Å². The van der Waals surface area contributed by atoms with Gasteiger partial charge in [0.25, 0.3) is 5.91 Å². The van der Waals surface area contributed by atoms with Crippen molar-refractivity contribution in [1.29, 1.82) is 0 Å². The summed E-state index contributed by atoms with van der Waals surface area (Å²) in [5, 5.41) is 6.56. The van der Waals surface area contributed by atoms with Gasteiger partial charge in [-0.2, -0.15) is 0 Å². The van der Waals surface area contributed by atoms with Gasteiger partial charge < -0.3 is 15.5 Å². The normalized spacial score (nSPS) is 23.6. The first kappa shape index (κ1) is 18.5. The van der Waals surface area contributed by atoms with Crippen LogP contribution in [0.3, 0.4) is 0 Å². The first-order chi connectivity index (χ1) is 13.2. The standard InChI is InChI=1S/C22H31N3O2/c26-21(19-7-6-16-8-11-23-12-9-18(16)14-19)24-20-10-13-25(15-20)22(27)17-4-2-1-3-5-17/h6-7,14,17,20,23H,1-5,8-13,15H2,(H,24,26)/t20-/m0/s1. The number of hydrogen-bond acceptors (Lipinski definition) is 3. The lowest BCUT2D eigenvalue weighted by molar-refractivity contribution is -0.135. The molecule has 0 aromatic heterocycles. The Hall–Kier alpha value is -1.88. The zero-order chi connectivity index (χ0) is 18.6. The zero-order valence-corrected chi connectivity index (χ0v) is 16.1. The van der Waals surface area contributed by atoms with Crippen LogP contribution in [0.1, 0.15) is 60.0 Å². The molecule has 3 aliphatic rings. The number of fused-ring (bicyclic) bond motifs is 1. The van der Waals surface area contributed by atoms with E-state index >= 15 is 0 Å². The van der Waals surface area contributed by atoms with Gasteiger partial charge >= 0.3 is 0 Å². The number of nitrogens with zero attached hydrogens (tertiary/aromatic N) is 1. The summed E-state index contributed by atoms with van der Waals surface area (Å²) >= 11 is 0. The topological polar surface area (TPSA) is 61.4 Å². The molecule has 0 unspecified atom stereocenters. The minimum Gasteiger partial charge on any atom is -0.347 e. The number of amides is 2. The Morgan fingerprint density at radius 2 is 1.78 bits per heavy atom. The van der Waals surface area contributed by atoms with Crippen molar-refractivity contribution in [3.8, 4) is 0 Å². The quantitative estimate of drug-likeness (QED) is 0.859. The van der Waals surface area contributed by atoms with E-state index in [1.165, 1.54) is 30.4 Å². The van der Waals surface area contributed by atoms with Crippen LogP contribution in [0.5, 0.6) is 0 Å². The van der Waals surface area contributed by atoms with Crippen LogP contribution in [0.15, 0.2) is 18.2 Å². The maximum absolute atomic E-state index is 12.7. The number of hydrogen-bond donors (Lipinski definition) is 2. The van der Waals surface area contributed by atoms with Gasteiger partial charge in [0.15, 0.2) is 0 Å². The van der Waals surface area contributed by atoms with Gasteiger partial charge in [0.1, 0.15) is 0 Å². The van der Waals surface area contributed by atoms with Crippen LogP contribution < -0.4 is 10.6 Å². The first-order valence-electron chi connectivity index (χ1n) is 10.6. The van der Waals surface area contributed by atoms with Gasteiger partial charge in [0.05, 0.1) is 0 Å². The Bertz CT molecular complexity index is 697. The van der Waals surface area contributed by atoms with Crippen molar-refractivity contribution in [2.45, 2.75) is 57.4 Å². The minimum absolute atomic E-state index is 0.00743. The average Bonchev–Trinajstić information content (AvgIpc) is 3.03. The molecule has 146 valence electrons. The Balaban J connectivity index is 1.33. The molecule has 1 aromatic rings. The molecule has 2 N–H and O–H groups in total. The summed E-state index contributed by atoms with van der Waals surface area (Å²) < 4.78 is 0. The molecule has 2 heterocycles. The molecule has 1 atom stereocenters. The van der Waals surface area contributed by atoms with Crippen LogP contribution >= 0.6 is 0 Å². The Kier molecular flexibility index (Phi) is 5.77. The van der Waals surface area contributed by atoms with Crippen LogP contribution in [0.2, 0.25) is 0 Å². The van der Waals surface area contributed by atoms with Crippen LogP contribution in [0.4, 0.5) is 0 Å². The molecule has 1 saturated carbocycles. The van der Waals surface area contributed by atoms with Crippen molar-refractivity contribution in [3.05, 3.63) is 34.9 Å². The number of carbonyl (C=O) groups excluding carboxylic acids is 2. The number of carbonyl (C=O) groups is 2. The van der Waals surface area contributed by atoms with Crippen LogP contribution in [0, 0.1) is 5.92 Å². The highest BCUT2D eigenvalue weighted by Crippen LogP contribution is 2.27. The van der Waals surface area contributed by atoms with Crippen LogP contribution in [-0.4, -0.2) is 48.9 Å². The van der Waals surface area contributed by atoms with Crippen LogP contribution in [-0.2, 0) is 17.6 Å². The fourth-order valence-electron chi connectivity index (χ4n) is 4.77. The number of nitrogens with one attached hydrogen (secondary N) is 2.